The molecular weight excluding hydrogens is 440 g/mol. The molecule has 0 radical (unpaired) electrons. The Labute approximate surface area is 194 Å². The van der Waals surface area contributed by atoms with E-state index in [0.717, 1.165) is 22.0 Å². The van der Waals surface area contributed by atoms with Crippen LogP contribution < -0.4 is 11.4 Å². The number of aliphatic hydroxyl groups excluding tert-OH is 1. The summed E-state index contributed by atoms with van der Waals surface area (Å²) in [4.78, 5) is 46.1. The van der Waals surface area contributed by atoms with Gasteiger partial charge in [-0.3, -0.25) is 14.2 Å². The molecule has 4 N–H and O–H groups in total. The largest absolute Gasteiger partial charge is 0.382 e. The van der Waals surface area contributed by atoms with Crippen LogP contribution in [-0.2, 0) is 4.74 Å². The van der Waals surface area contributed by atoms with Crippen LogP contribution in [0.1, 0.15) is 44.5 Å². The Balaban J connectivity index is 1.74. The smallest absolute Gasteiger partial charge is 0.354 e. The van der Waals surface area contributed by atoms with Crippen LogP contribution in [0.15, 0.2) is 59.7 Å². The summed E-state index contributed by atoms with van der Waals surface area (Å²) in [6.45, 7) is 3.69. The number of hydrogen-bond donors (Lipinski definition) is 3. The molecule has 10 nitrogen and oxygen atoms in total. The van der Waals surface area contributed by atoms with E-state index in [1.165, 1.54) is 24.3 Å². The van der Waals surface area contributed by atoms with Crippen LogP contribution in [0.4, 0.5) is 5.95 Å². The minimum Gasteiger partial charge on any atom is -0.382 e. The molecule has 2 aromatic carbocycles. The first-order chi connectivity index (χ1) is 16.1. The van der Waals surface area contributed by atoms with Crippen molar-refractivity contribution in [1.29, 1.82) is 0 Å². The number of aliphatic hydroxyl groups is 2. The van der Waals surface area contributed by atoms with Crippen LogP contribution in [-0.4, -0.2) is 54.1 Å². The van der Waals surface area contributed by atoms with Crippen molar-refractivity contribution in [2.75, 3.05) is 5.73 Å². The Morgan fingerprint density at radius 3 is 2.21 bits per heavy atom. The van der Waals surface area contributed by atoms with E-state index in [1.54, 1.807) is 24.3 Å². The van der Waals surface area contributed by atoms with Gasteiger partial charge in [0, 0.05) is 17.5 Å². The average molecular weight is 464 g/mol. The van der Waals surface area contributed by atoms with Gasteiger partial charge in [-0.05, 0) is 13.8 Å². The molecule has 0 aliphatic carbocycles. The highest BCUT2D eigenvalue weighted by Crippen LogP contribution is 2.40. The molecule has 34 heavy (non-hydrogen) atoms. The number of hydrogen-bond acceptors (Lipinski definition) is 9. The minimum atomic E-state index is -2.32. The van der Waals surface area contributed by atoms with Gasteiger partial charge in [0.05, 0.1) is 0 Å². The third-order valence-electron chi connectivity index (χ3n) is 5.91. The molecule has 0 amide bonds. The number of anilines is 1. The van der Waals surface area contributed by atoms with E-state index >= 15 is 0 Å². The van der Waals surface area contributed by atoms with Crippen molar-refractivity contribution in [3.05, 3.63) is 87.6 Å². The molecule has 176 valence electrons. The standard InChI is InChI=1S/C24H24N4O6/c1-13-3-7-15(8-4-13)18(29)19(30)21-24(33,20(31)16-9-5-14(2)6-10-16)11-17(34-21)28-12-26-22(25)27-23(28)32/h3-10,12,17,19,21,30,33H,11H2,1-2H3,(H2,25,27,32)/t17-,19?,21-,24-/m1/s1. The van der Waals surface area contributed by atoms with Crippen LogP contribution in [0, 0.1) is 13.8 Å². The average Bonchev–Trinajstić information content (AvgIpc) is 3.17. The molecule has 4 rings (SSSR count). The quantitative estimate of drug-likeness (QED) is 0.452. The van der Waals surface area contributed by atoms with E-state index in [9.17, 15) is 24.6 Å². The molecule has 0 bridgehead atoms. The highest BCUT2D eigenvalue weighted by molar-refractivity contribution is 6.05. The van der Waals surface area contributed by atoms with E-state index in [4.69, 9.17) is 10.5 Å². The van der Waals surface area contributed by atoms with Crippen molar-refractivity contribution in [3.8, 4) is 0 Å². The molecular formula is C24H24N4O6. The van der Waals surface area contributed by atoms with Gasteiger partial charge in [-0.1, -0.05) is 59.7 Å². The van der Waals surface area contributed by atoms with Crippen LogP contribution in [0.25, 0.3) is 0 Å². The third kappa shape index (κ3) is 4.26. The van der Waals surface area contributed by atoms with E-state index in [0.29, 0.717) is 0 Å². The Kier molecular flexibility index (Phi) is 6.13. The molecule has 1 aromatic heterocycles. The van der Waals surface area contributed by atoms with Gasteiger partial charge < -0.3 is 20.7 Å². The van der Waals surface area contributed by atoms with Gasteiger partial charge in [0.15, 0.2) is 17.2 Å². The zero-order valence-corrected chi connectivity index (χ0v) is 18.6. The molecule has 4 atom stereocenters. The fourth-order valence-electron chi connectivity index (χ4n) is 3.97. The lowest BCUT2D eigenvalue weighted by Crippen LogP contribution is -2.53. The monoisotopic (exact) mass is 464 g/mol. The van der Waals surface area contributed by atoms with Crippen molar-refractivity contribution in [2.45, 2.75) is 44.3 Å². The number of aryl methyl sites for hydroxylation is 2. The number of carbonyl (C=O) groups excluding carboxylic acids is 2. The summed E-state index contributed by atoms with van der Waals surface area (Å²) in [5.74, 6) is -1.74. The number of rotatable bonds is 6. The summed E-state index contributed by atoms with van der Waals surface area (Å²) in [6, 6.07) is 12.9. The number of aromatic nitrogens is 3. The second-order valence-electron chi connectivity index (χ2n) is 8.41. The number of ketones is 2. The van der Waals surface area contributed by atoms with Crippen molar-refractivity contribution in [2.24, 2.45) is 0 Å². The predicted octanol–water partition coefficient (Wildman–Crippen LogP) is 0.983. The van der Waals surface area contributed by atoms with Crippen LogP contribution in [0.3, 0.4) is 0 Å². The van der Waals surface area contributed by atoms with Gasteiger partial charge in [-0.2, -0.15) is 4.98 Å². The summed E-state index contributed by atoms with van der Waals surface area (Å²) in [7, 11) is 0. The van der Waals surface area contributed by atoms with Crippen LogP contribution in [0.2, 0.25) is 0 Å². The first kappa shape index (κ1) is 23.4. The molecule has 0 saturated carbocycles. The zero-order chi connectivity index (χ0) is 24.6. The lowest BCUT2D eigenvalue weighted by molar-refractivity contribution is -0.0917. The number of nitrogen functional groups attached to an aromatic ring is 1. The molecule has 1 saturated heterocycles. The fraction of sp³-hybridized carbons (Fsp3) is 0.292. The maximum atomic E-state index is 13.4. The van der Waals surface area contributed by atoms with Crippen molar-refractivity contribution in [3.63, 3.8) is 0 Å². The first-order valence-electron chi connectivity index (χ1n) is 10.6. The third-order valence-corrected chi connectivity index (χ3v) is 5.91. The highest BCUT2D eigenvalue weighted by atomic mass is 16.6. The van der Waals surface area contributed by atoms with Crippen molar-refractivity contribution < 1.29 is 24.5 Å². The van der Waals surface area contributed by atoms with Gasteiger partial charge in [0.25, 0.3) is 0 Å². The Hall–Kier alpha value is -3.73. The van der Waals surface area contributed by atoms with Crippen LogP contribution in [0.5, 0.6) is 0 Å². The van der Waals surface area contributed by atoms with Crippen LogP contribution >= 0.6 is 0 Å². The second kappa shape index (κ2) is 8.90. The topological polar surface area (TPSA) is 158 Å². The van der Waals surface area contributed by atoms with Gasteiger partial charge in [0.1, 0.15) is 24.8 Å². The summed E-state index contributed by atoms with van der Waals surface area (Å²) in [5, 5.41) is 22.5. The second-order valence-corrected chi connectivity index (χ2v) is 8.41. The number of ether oxygens (including phenoxy) is 1. The molecule has 1 unspecified atom stereocenters. The lowest BCUT2D eigenvalue weighted by atomic mass is 9.82. The fourth-order valence-corrected chi connectivity index (χ4v) is 3.97. The van der Waals surface area contributed by atoms with Gasteiger partial charge in [-0.15, -0.1) is 0 Å². The maximum Gasteiger partial charge on any atom is 0.354 e. The summed E-state index contributed by atoms with van der Waals surface area (Å²) >= 11 is 0. The summed E-state index contributed by atoms with van der Waals surface area (Å²) < 4.78 is 6.73. The molecule has 10 heteroatoms. The molecule has 1 fully saturated rings. The van der Waals surface area contributed by atoms with Gasteiger partial charge in [0.2, 0.25) is 5.95 Å². The van der Waals surface area contributed by atoms with Crippen molar-refractivity contribution in [1.82, 2.24) is 14.5 Å². The van der Waals surface area contributed by atoms with E-state index < -0.39 is 47.7 Å². The number of carbonyl (C=O) groups is 2. The van der Waals surface area contributed by atoms with Crippen molar-refractivity contribution >= 4 is 17.5 Å². The van der Waals surface area contributed by atoms with Gasteiger partial charge in [-0.25, -0.2) is 9.78 Å². The zero-order valence-electron chi connectivity index (χ0n) is 18.6. The van der Waals surface area contributed by atoms with E-state index in [-0.39, 0.29) is 17.1 Å². The summed E-state index contributed by atoms with van der Waals surface area (Å²) in [5.41, 5.74) is 4.47. The predicted molar refractivity (Wildman–Crippen MR) is 121 cm³/mol. The Morgan fingerprint density at radius 2 is 1.65 bits per heavy atom. The number of Topliss-reactive ketones (excluding diaryl/α,β-unsaturated/α-hetero) is 2. The highest BCUT2D eigenvalue weighted by Gasteiger charge is 2.57. The maximum absolute atomic E-state index is 13.4. The molecule has 1 aliphatic rings. The lowest BCUT2D eigenvalue weighted by Gasteiger charge is -2.29. The number of nitrogens with zero attached hydrogens (tertiary/aromatic N) is 3. The van der Waals surface area contributed by atoms with E-state index in [1.807, 2.05) is 13.8 Å². The molecule has 3 aromatic rings. The Bertz CT molecular complexity index is 1290. The number of benzene rings is 2. The molecule has 1 aliphatic heterocycles. The first-order valence-corrected chi connectivity index (χ1v) is 10.6. The van der Waals surface area contributed by atoms with E-state index in [2.05, 4.69) is 9.97 Å². The SMILES string of the molecule is Cc1ccc(C(=O)C(O)[C@H]2O[C@@H](n3cnc(N)nc3=O)C[C@@]2(O)C(=O)c2ccc(C)cc2)cc1. The molecule has 0 spiro atoms. The summed E-state index contributed by atoms with van der Waals surface area (Å²) in [6.07, 6.45) is -4.13. The molecule has 2 heterocycles. The Morgan fingerprint density at radius 1 is 1.09 bits per heavy atom. The normalized spacial score (nSPS) is 22.9. The van der Waals surface area contributed by atoms with Gasteiger partial charge >= 0.3 is 5.69 Å². The minimum absolute atomic E-state index is 0.165. The number of nitrogens with two attached hydrogens (primary N) is 1.